The minimum absolute atomic E-state index is 0.158. The number of Topliss-reactive ketones (excluding diaryl/α,β-unsaturated/α-hetero) is 1. The van der Waals surface area contributed by atoms with E-state index in [1.54, 1.807) is 12.1 Å². The van der Waals surface area contributed by atoms with E-state index in [4.69, 9.17) is 0 Å². The van der Waals surface area contributed by atoms with E-state index < -0.39 is 0 Å². The van der Waals surface area contributed by atoms with Gasteiger partial charge in [0.2, 0.25) is 5.78 Å². The maximum atomic E-state index is 12.3. The van der Waals surface area contributed by atoms with Crippen molar-refractivity contribution in [2.24, 2.45) is 0 Å². The topological polar surface area (TPSA) is 56.6 Å². The van der Waals surface area contributed by atoms with Gasteiger partial charge in [0.15, 0.2) is 0 Å². The summed E-state index contributed by atoms with van der Waals surface area (Å²) in [5, 5.41) is 12.2. The largest absolute Gasteiger partial charge is 0.360 e. The van der Waals surface area contributed by atoms with Crippen molar-refractivity contribution in [1.29, 1.82) is 5.26 Å². The van der Waals surface area contributed by atoms with Crippen molar-refractivity contribution < 1.29 is 4.79 Å². The number of carbonyl (C=O) groups excluding carboxylic acids is 1. The fraction of sp³-hybridized carbons (Fsp3) is 0.111. The van der Waals surface area contributed by atoms with Crippen LogP contribution in [0.1, 0.15) is 27.7 Å². The van der Waals surface area contributed by atoms with Gasteiger partial charge in [0.25, 0.3) is 0 Å². The van der Waals surface area contributed by atoms with E-state index in [-0.39, 0.29) is 11.4 Å². The second-order valence-corrected chi connectivity index (χ2v) is 5.86. The molecule has 1 N–H and O–H groups in total. The summed E-state index contributed by atoms with van der Waals surface area (Å²) >= 11 is 1.35. The first-order valence-corrected chi connectivity index (χ1v) is 7.91. The number of nitrogens with zero attached hydrogens (tertiary/aromatic N) is 1. The number of thiophene rings is 1. The number of allylic oxidation sites excluding steroid dienone is 1. The van der Waals surface area contributed by atoms with Gasteiger partial charge in [-0.15, -0.1) is 11.3 Å². The SMILES string of the molecule is CCc1cccc2c(/C=C(\C#N)C(=O)c3cccs3)c[nH]c12. The second kappa shape index (κ2) is 6.00. The van der Waals surface area contributed by atoms with Gasteiger partial charge in [0, 0.05) is 22.7 Å². The van der Waals surface area contributed by atoms with E-state index in [9.17, 15) is 10.1 Å². The third-order valence-corrected chi connectivity index (χ3v) is 4.49. The van der Waals surface area contributed by atoms with Gasteiger partial charge in [-0.3, -0.25) is 4.79 Å². The maximum absolute atomic E-state index is 12.3. The lowest BCUT2D eigenvalue weighted by Crippen LogP contribution is -1.98. The van der Waals surface area contributed by atoms with Crippen LogP contribution in [0.2, 0.25) is 0 Å². The Bertz CT molecular complexity index is 895. The third kappa shape index (κ3) is 2.47. The van der Waals surface area contributed by atoms with Crippen LogP contribution in [0.3, 0.4) is 0 Å². The number of carbonyl (C=O) groups is 1. The Labute approximate surface area is 132 Å². The minimum Gasteiger partial charge on any atom is -0.360 e. The molecule has 0 radical (unpaired) electrons. The summed E-state index contributed by atoms with van der Waals surface area (Å²) in [6.07, 6.45) is 4.45. The molecule has 1 aromatic carbocycles. The zero-order valence-corrected chi connectivity index (χ0v) is 12.9. The van der Waals surface area contributed by atoms with E-state index >= 15 is 0 Å². The first-order chi connectivity index (χ1) is 10.7. The van der Waals surface area contributed by atoms with Crippen molar-refractivity contribution in [2.45, 2.75) is 13.3 Å². The first kappa shape index (κ1) is 14.3. The molecular formula is C18H14N2OS. The van der Waals surface area contributed by atoms with Gasteiger partial charge in [-0.25, -0.2) is 0 Å². The number of aryl methyl sites for hydroxylation is 1. The van der Waals surface area contributed by atoms with Crippen molar-refractivity contribution in [3.05, 3.63) is 63.5 Å². The molecule has 0 bridgehead atoms. The molecule has 0 saturated heterocycles. The number of nitriles is 1. The molecule has 2 heterocycles. The van der Waals surface area contributed by atoms with Crippen molar-refractivity contribution >= 4 is 34.1 Å². The molecule has 0 spiro atoms. The van der Waals surface area contributed by atoms with Gasteiger partial charge >= 0.3 is 0 Å². The standard InChI is InChI=1S/C18H14N2OS/c1-2-12-5-3-6-15-14(11-20-17(12)15)9-13(10-19)18(21)16-7-4-8-22-16/h3-9,11,20H,2H2,1H3/b13-9+. The molecule has 3 aromatic rings. The number of aromatic amines is 1. The van der Waals surface area contributed by atoms with Crippen molar-refractivity contribution in [2.75, 3.05) is 0 Å². The summed E-state index contributed by atoms with van der Waals surface area (Å²) in [6.45, 7) is 2.10. The van der Waals surface area contributed by atoms with Gasteiger partial charge in [-0.1, -0.05) is 31.2 Å². The number of hydrogen-bond acceptors (Lipinski definition) is 3. The number of H-pyrrole nitrogens is 1. The van der Waals surface area contributed by atoms with E-state index in [0.29, 0.717) is 4.88 Å². The highest BCUT2D eigenvalue weighted by atomic mass is 32.1. The average Bonchev–Trinajstić information content (AvgIpc) is 3.21. The molecule has 0 saturated carbocycles. The molecule has 22 heavy (non-hydrogen) atoms. The number of hydrogen-bond donors (Lipinski definition) is 1. The zero-order chi connectivity index (χ0) is 15.5. The maximum Gasteiger partial charge on any atom is 0.213 e. The van der Waals surface area contributed by atoms with E-state index in [1.807, 2.05) is 35.8 Å². The number of aromatic nitrogens is 1. The average molecular weight is 306 g/mol. The number of fused-ring (bicyclic) bond motifs is 1. The molecule has 0 atom stereocenters. The second-order valence-electron chi connectivity index (χ2n) is 4.91. The summed E-state index contributed by atoms with van der Waals surface area (Å²) in [5.41, 5.74) is 3.31. The van der Waals surface area contributed by atoms with Crippen LogP contribution in [-0.4, -0.2) is 10.8 Å². The van der Waals surface area contributed by atoms with Crippen LogP contribution in [0.25, 0.3) is 17.0 Å². The Balaban J connectivity index is 2.07. The normalized spacial score (nSPS) is 11.5. The predicted molar refractivity (Wildman–Crippen MR) is 89.9 cm³/mol. The van der Waals surface area contributed by atoms with Crippen LogP contribution in [0.4, 0.5) is 0 Å². The van der Waals surface area contributed by atoms with E-state index in [0.717, 1.165) is 22.9 Å². The third-order valence-electron chi connectivity index (χ3n) is 3.62. The molecule has 3 rings (SSSR count). The van der Waals surface area contributed by atoms with Crippen LogP contribution in [0.15, 0.2) is 47.5 Å². The molecule has 0 unspecified atom stereocenters. The van der Waals surface area contributed by atoms with Gasteiger partial charge in [0.05, 0.1) is 4.88 Å². The van der Waals surface area contributed by atoms with Gasteiger partial charge in [-0.2, -0.15) is 5.26 Å². The number of para-hydroxylation sites is 1. The highest BCUT2D eigenvalue weighted by Crippen LogP contribution is 2.25. The Kier molecular flexibility index (Phi) is 3.90. The summed E-state index contributed by atoms with van der Waals surface area (Å²) < 4.78 is 0. The molecule has 3 nitrogen and oxygen atoms in total. The summed E-state index contributed by atoms with van der Waals surface area (Å²) in [6, 6.07) is 11.7. The fourth-order valence-electron chi connectivity index (χ4n) is 2.50. The monoisotopic (exact) mass is 306 g/mol. The molecule has 2 aromatic heterocycles. The Morgan fingerprint density at radius 2 is 2.23 bits per heavy atom. The Morgan fingerprint density at radius 3 is 2.91 bits per heavy atom. The van der Waals surface area contributed by atoms with E-state index in [1.165, 1.54) is 16.9 Å². The summed E-state index contributed by atoms with van der Waals surface area (Å²) in [5.74, 6) is -0.224. The summed E-state index contributed by atoms with van der Waals surface area (Å²) in [7, 11) is 0. The Hall–Kier alpha value is -2.64. The number of nitrogens with one attached hydrogen (secondary N) is 1. The number of benzene rings is 1. The van der Waals surface area contributed by atoms with Crippen LogP contribution in [0, 0.1) is 11.3 Å². The molecule has 0 amide bonds. The highest BCUT2D eigenvalue weighted by Gasteiger charge is 2.14. The molecule has 108 valence electrons. The van der Waals surface area contributed by atoms with Crippen LogP contribution >= 0.6 is 11.3 Å². The molecule has 0 aliphatic heterocycles. The fourth-order valence-corrected chi connectivity index (χ4v) is 3.18. The lowest BCUT2D eigenvalue weighted by molar-refractivity contribution is 0.104. The van der Waals surface area contributed by atoms with Crippen LogP contribution in [-0.2, 0) is 6.42 Å². The van der Waals surface area contributed by atoms with Gasteiger partial charge < -0.3 is 4.98 Å². The zero-order valence-electron chi connectivity index (χ0n) is 12.1. The lowest BCUT2D eigenvalue weighted by atomic mass is 10.0. The molecule has 0 aliphatic carbocycles. The van der Waals surface area contributed by atoms with Crippen LogP contribution in [0.5, 0.6) is 0 Å². The molecule has 0 aliphatic rings. The summed E-state index contributed by atoms with van der Waals surface area (Å²) in [4.78, 5) is 16.2. The van der Waals surface area contributed by atoms with Gasteiger partial charge in [-0.05, 0) is 29.5 Å². The molecule has 0 fully saturated rings. The smallest absolute Gasteiger partial charge is 0.213 e. The first-order valence-electron chi connectivity index (χ1n) is 7.03. The minimum atomic E-state index is -0.224. The predicted octanol–water partition coefficient (Wildman–Crippen LogP) is 4.58. The highest BCUT2D eigenvalue weighted by molar-refractivity contribution is 7.12. The van der Waals surface area contributed by atoms with E-state index in [2.05, 4.69) is 18.0 Å². The molecular weight excluding hydrogens is 292 g/mol. The van der Waals surface area contributed by atoms with Crippen molar-refractivity contribution in [3.8, 4) is 6.07 Å². The van der Waals surface area contributed by atoms with Crippen molar-refractivity contribution in [1.82, 2.24) is 4.98 Å². The van der Waals surface area contributed by atoms with Crippen molar-refractivity contribution in [3.63, 3.8) is 0 Å². The number of rotatable bonds is 4. The lowest BCUT2D eigenvalue weighted by Gasteiger charge is -1.99. The quantitative estimate of drug-likeness (QED) is 0.435. The van der Waals surface area contributed by atoms with Gasteiger partial charge in [0.1, 0.15) is 11.6 Å². The molecule has 4 heteroatoms. The number of ketones is 1. The Morgan fingerprint density at radius 1 is 1.36 bits per heavy atom. The van der Waals surface area contributed by atoms with Crippen LogP contribution < -0.4 is 0 Å².